The van der Waals surface area contributed by atoms with Crippen molar-refractivity contribution in [1.29, 1.82) is 0 Å². The minimum atomic E-state index is -0.141. The van der Waals surface area contributed by atoms with Gasteiger partial charge in [0, 0.05) is 10.9 Å². The fourth-order valence-electron chi connectivity index (χ4n) is 7.80. The van der Waals surface area contributed by atoms with Gasteiger partial charge in [-0.25, -0.2) is 4.98 Å². The standard InChI is InChI=1S/C25H33N3O2S/c1-14-15(2)31-23-21(14)22(29)26-20(27-23)13-28(19-5-3-4-6-19)24(30)25-10-16-7-17(11-25)9-18(8-16)12-25/h16-19H,3-13H2,1-2H3,(H,26,27,29). The quantitative estimate of drug-likeness (QED) is 0.722. The first-order chi connectivity index (χ1) is 14.9. The number of fused-ring (bicyclic) bond motifs is 1. The summed E-state index contributed by atoms with van der Waals surface area (Å²) in [5.41, 5.74) is 0.825. The van der Waals surface area contributed by atoms with Crippen molar-refractivity contribution in [2.75, 3.05) is 0 Å². The number of nitrogens with zero attached hydrogens (tertiary/aromatic N) is 2. The third kappa shape index (κ3) is 3.20. The summed E-state index contributed by atoms with van der Waals surface area (Å²) in [5, 5.41) is 0.714. The highest BCUT2D eigenvalue weighted by atomic mass is 32.1. The number of hydrogen-bond donors (Lipinski definition) is 1. The summed E-state index contributed by atoms with van der Waals surface area (Å²) in [5.74, 6) is 3.30. The van der Waals surface area contributed by atoms with Crippen molar-refractivity contribution in [1.82, 2.24) is 14.9 Å². The Bertz CT molecular complexity index is 1060. The molecule has 5 nitrogen and oxygen atoms in total. The van der Waals surface area contributed by atoms with Gasteiger partial charge in [0.15, 0.2) is 0 Å². The van der Waals surface area contributed by atoms with E-state index in [-0.39, 0.29) is 11.0 Å². The van der Waals surface area contributed by atoms with Crippen LogP contribution in [0.15, 0.2) is 4.79 Å². The van der Waals surface area contributed by atoms with Gasteiger partial charge in [-0.2, -0.15) is 0 Å². The Hall–Kier alpha value is -1.69. The van der Waals surface area contributed by atoms with Crippen molar-refractivity contribution < 1.29 is 4.79 Å². The molecule has 7 rings (SSSR count). The van der Waals surface area contributed by atoms with Gasteiger partial charge in [0.2, 0.25) is 5.91 Å². The number of thiophene rings is 1. The van der Waals surface area contributed by atoms with Crippen LogP contribution >= 0.6 is 11.3 Å². The Morgan fingerprint density at radius 3 is 2.32 bits per heavy atom. The van der Waals surface area contributed by atoms with E-state index in [9.17, 15) is 9.59 Å². The summed E-state index contributed by atoms with van der Waals surface area (Å²) in [6.45, 7) is 4.49. The average Bonchev–Trinajstić information content (AvgIpc) is 3.33. The van der Waals surface area contributed by atoms with E-state index in [0.29, 0.717) is 29.7 Å². The third-order valence-electron chi connectivity index (χ3n) is 8.93. The van der Waals surface area contributed by atoms with Gasteiger partial charge in [-0.05, 0) is 88.5 Å². The van der Waals surface area contributed by atoms with Gasteiger partial charge in [0.05, 0.1) is 17.3 Å². The number of rotatable bonds is 4. The van der Waals surface area contributed by atoms with E-state index in [2.05, 4.69) is 9.88 Å². The molecule has 5 aliphatic carbocycles. The van der Waals surface area contributed by atoms with Crippen LogP contribution in [0.1, 0.15) is 80.5 Å². The van der Waals surface area contributed by atoms with Crippen LogP contribution in [0.5, 0.6) is 0 Å². The molecule has 0 saturated heterocycles. The topological polar surface area (TPSA) is 66.1 Å². The maximum absolute atomic E-state index is 14.2. The molecule has 166 valence electrons. The van der Waals surface area contributed by atoms with Crippen molar-refractivity contribution in [3.05, 3.63) is 26.6 Å². The summed E-state index contributed by atoms with van der Waals surface area (Å²) >= 11 is 1.59. The molecule has 0 atom stereocenters. The first-order valence-electron chi connectivity index (χ1n) is 12.2. The first-order valence-corrected chi connectivity index (χ1v) is 13.0. The third-order valence-corrected chi connectivity index (χ3v) is 10.0. The van der Waals surface area contributed by atoms with E-state index in [1.807, 2.05) is 13.8 Å². The van der Waals surface area contributed by atoms with Gasteiger partial charge in [0.1, 0.15) is 10.7 Å². The van der Waals surface area contributed by atoms with Crippen molar-refractivity contribution in [2.45, 2.75) is 90.6 Å². The van der Waals surface area contributed by atoms with Gasteiger partial charge >= 0.3 is 0 Å². The Labute approximate surface area is 187 Å². The van der Waals surface area contributed by atoms with Crippen LogP contribution in [0.25, 0.3) is 10.2 Å². The van der Waals surface area contributed by atoms with Gasteiger partial charge < -0.3 is 9.88 Å². The molecule has 5 saturated carbocycles. The molecule has 1 amide bonds. The number of H-pyrrole nitrogens is 1. The summed E-state index contributed by atoms with van der Waals surface area (Å²) < 4.78 is 0. The smallest absolute Gasteiger partial charge is 0.259 e. The predicted octanol–water partition coefficient (Wildman–Crippen LogP) is 5.09. The van der Waals surface area contributed by atoms with Crippen LogP contribution in [0.3, 0.4) is 0 Å². The van der Waals surface area contributed by atoms with Gasteiger partial charge in [-0.3, -0.25) is 9.59 Å². The number of amides is 1. The Balaban J connectivity index is 1.35. The van der Waals surface area contributed by atoms with Crippen molar-refractivity contribution in [3.63, 3.8) is 0 Å². The second kappa shape index (κ2) is 7.16. The zero-order valence-corrected chi connectivity index (χ0v) is 19.5. The van der Waals surface area contributed by atoms with Crippen molar-refractivity contribution in [2.24, 2.45) is 23.2 Å². The lowest BCUT2D eigenvalue weighted by Crippen LogP contribution is -2.56. The Morgan fingerprint density at radius 2 is 1.71 bits per heavy atom. The molecule has 2 heterocycles. The first kappa shape index (κ1) is 20.0. The van der Waals surface area contributed by atoms with Crippen LogP contribution < -0.4 is 5.56 Å². The molecular formula is C25H33N3O2S. The van der Waals surface area contributed by atoms with E-state index in [4.69, 9.17) is 4.98 Å². The second-order valence-corrected chi connectivity index (χ2v) is 12.2. The summed E-state index contributed by atoms with van der Waals surface area (Å²) in [6, 6.07) is 0.299. The molecule has 0 unspecified atom stereocenters. The van der Waals surface area contributed by atoms with E-state index >= 15 is 0 Å². The highest BCUT2D eigenvalue weighted by Crippen LogP contribution is 2.60. The number of aromatic amines is 1. The van der Waals surface area contributed by atoms with E-state index in [0.717, 1.165) is 65.1 Å². The lowest BCUT2D eigenvalue weighted by molar-refractivity contribution is -0.161. The maximum atomic E-state index is 14.2. The minimum absolute atomic E-state index is 0.0597. The normalized spacial score (nSPS) is 32.3. The zero-order valence-electron chi connectivity index (χ0n) is 18.7. The molecule has 6 heteroatoms. The molecule has 4 bridgehead atoms. The molecule has 31 heavy (non-hydrogen) atoms. The van der Waals surface area contributed by atoms with Crippen LogP contribution in [0, 0.1) is 37.0 Å². The van der Waals surface area contributed by atoms with E-state index < -0.39 is 0 Å². The predicted molar refractivity (Wildman–Crippen MR) is 123 cm³/mol. The largest absolute Gasteiger partial charge is 0.332 e. The van der Waals surface area contributed by atoms with Crippen LogP contribution in [-0.2, 0) is 11.3 Å². The van der Waals surface area contributed by atoms with Crippen molar-refractivity contribution in [3.8, 4) is 0 Å². The van der Waals surface area contributed by atoms with Gasteiger partial charge in [-0.15, -0.1) is 11.3 Å². The number of aryl methyl sites for hydroxylation is 2. The zero-order chi connectivity index (χ0) is 21.3. The average molecular weight is 440 g/mol. The fourth-order valence-corrected chi connectivity index (χ4v) is 8.84. The molecule has 1 N–H and O–H groups in total. The monoisotopic (exact) mass is 439 g/mol. The second-order valence-electron chi connectivity index (χ2n) is 11.0. The highest BCUT2D eigenvalue weighted by molar-refractivity contribution is 7.18. The molecule has 5 fully saturated rings. The Kier molecular flexibility index (Phi) is 4.61. The molecule has 0 aliphatic heterocycles. The SMILES string of the molecule is Cc1sc2nc(CN(C(=O)C34CC5CC(CC(C5)C3)C4)C3CCCC3)[nH]c(=O)c2c1C. The number of carbonyl (C=O) groups excluding carboxylic acids is 1. The van der Waals surface area contributed by atoms with Crippen molar-refractivity contribution >= 4 is 27.5 Å². The maximum Gasteiger partial charge on any atom is 0.259 e. The number of hydrogen-bond acceptors (Lipinski definition) is 4. The van der Waals surface area contributed by atoms with E-state index in [1.165, 1.54) is 32.1 Å². The molecule has 0 aromatic carbocycles. The van der Waals surface area contributed by atoms with E-state index in [1.54, 1.807) is 11.3 Å². The molecule has 0 spiro atoms. The minimum Gasteiger partial charge on any atom is -0.332 e. The van der Waals surface area contributed by atoms with Crippen LogP contribution in [-0.4, -0.2) is 26.8 Å². The van der Waals surface area contributed by atoms with Gasteiger partial charge in [-0.1, -0.05) is 12.8 Å². The molecule has 2 aromatic heterocycles. The summed E-state index contributed by atoms with van der Waals surface area (Å²) in [6.07, 6.45) is 11.9. The molecule has 5 aliphatic rings. The number of nitrogens with one attached hydrogen (secondary N) is 1. The summed E-state index contributed by atoms with van der Waals surface area (Å²) in [7, 11) is 0. The van der Waals surface area contributed by atoms with Crippen LogP contribution in [0.4, 0.5) is 0 Å². The number of aromatic nitrogens is 2. The summed E-state index contributed by atoms with van der Waals surface area (Å²) in [4.78, 5) is 39.0. The molecule has 0 radical (unpaired) electrons. The molecule has 2 aromatic rings. The van der Waals surface area contributed by atoms with Gasteiger partial charge in [0.25, 0.3) is 5.56 Å². The highest BCUT2D eigenvalue weighted by Gasteiger charge is 2.56. The molecular weight excluding hydrogens is 406 g/mol. The lowest BCUT2D eigenvalue weighted by atomic mass is 9.49. The lowest BCUT2D eigenvalue weighted by Gasteiger charge is -2.57. The van der Waals surface area contributed by atoms with Crippen LogP contribution in [0.2, 0.25) is 0 Å². The Morgan fingerprint density at radius 1 is 1.10 bits per heavy atom. The fraction of sp³-hybridized carbons (Fsp3) is 0.720. The number of carbonyl (C=O) groups is 1.